The molecule has 1 rings (SSSR count). The first kappa shape index (κ1) is 14.8. The van der Waals surface area contributed by atoms with Crippen LogP contribution in [0.1, 0.15) is 22.8 Å². The van der Waals surface area contributed by atoms with Gasteiger partial charge in [0.25, 0.3) is 0 Å². The van der Waals surface area contributed by atoms with Gasteiger partial charge in [0.1, 0.15) is 0 Å². The van der Waals surface area contributed by atoms with Gasteiger partial charge >= 0.3 is 18.2 Å². The summed E-state index contributed by atoms with van der Waals surface area (Å²) in [6, 6.07) is 1.25. The van der Waals surface area contributed by atoms with Crippen molar-refractivity contribution in [1.29, 1.82) is 0 Å². The Morgan fingerprint density at radius 1 is 1.32 bits per heavy atom. The molecule has 0 saturated heterocycles. The number of carbonyl (C=O) groups excluding carboxylic acids is 1. The maximum Gasteiger partial charge on any atom is 0.416 e. The van der Waals surface area contributed by atoms with Crippen LogP contribution in [0.15, 0.2) is 18.2 Å². The summed E-state index contributed by atoms with van der Waals surface area (Å²) in [6.45, 7) is 1.87. The molecule has 0 atom stereocenters. The van der Waals surface area contributed by atoms with E-state index >= 15 is 0 Å². The number of aromatic carboxylic acids is 1. The summed E-state index contributed by atoms with van der Waals surface area (Å²) in [5.74, 6) is -1.43. The first-order chi connectivity index (χ1) is 8.75. The Morgan fingerprint density at radius 3 is 2.42 bits per heavy atom. The third-order valence-corrected chi connectivity index (χ3v) is 2.16. The number of alkyl halides is 3. The molecule has 0 fully saturated rings. The molecule has 0 aliphatic carbocycles. The van der Waals surface area contributed by atoms with Crippen LogP contribution in [0.25, 0.3) is 0 Å². The number of rotatable bonds is 3. The molecule has 0 aliphatic heterocycles. The van der Waals surface area contributed by atoms with E-state index in [9.17, 15) is 22.8 Å². The Bertz CT molecular complexity index is 500. The maximum absolute atomic E-state index is 12.5. The molecule has 2 amide bonds. The van der Waals surface area contributed by atoms with Crippen molar-refractivity contribution in [2.24, 2.45) is 0 Å². The standard InChI is InChI=1S/C11H11F3N2O3/c1-2-15-10(19)16-8-5-6(11(12,13)14)3-4-7(8)9(17)18/h3-5H,2H2,1H3,(H,17,18)(H2,15,16,19). The monoisotopic (exact) mass is 276 g/mol. The highest BCUT2D eigenvalue weighted by Crippen LogP contribution is 2.32. The number of urea groups is 1. The summed E-state index contributed by atoms with van der Waals surface area (Å²) < 4.78 is 37.5. The first-order valence-corrected chi connectivity index (χ1v) is 5.25. The number of hydrogen-bond acceptors (Lipinski definition) is 2. The largest absolute Gasteiger partial charge is 0.478 e. The predicted octanol–water partition coefficient (Wildman–Crippen LogP) is 2.55. The lowest BCUT2D eigenvalue weighted by Crippen LogP contribution is -2.29. The summed E-state index contributed by atoms with van der Waals surface area (Å²) in [6.07, 6.45) is -4.62. The fraction of sp³-hybridized carbons (Fsp3) is 0.273. The Labute approximate surface area is 106 Å². The lowest BCUT2D eigenvalue weighted by molar-refractivity contribution is -0.137. The van der Waals surface area contributed by atoms with Crippen molar-refractivity contribution >= 4 is 17.7 Å². The van der Waals surface area contributed by atoms with Gasteiger partial charge in [0.15, 0.2) is 0 Å². The molecule has 0 saturated carbocycles. The SMILES string of the molecule is CCNC(=O)Nc1cc(C(F)(F)F)ccc1C(=O)O. The molecule has 0 bridgehead atoms. The molecule has 0 heterocycles. The van der Waals surface area contributed by atoms with E-state index in [0.717, 1.165) is 6.07 Å². The number of nitrogens with one attached hydrogen (secondary N) is 2. The van der Waals surface area contributed by atoms with E-state index in [1.807, 2.05) is 0 Å². The second kappa shape index (κ2) is 5.59. The number of benzene rings is 1. The molecular weight excluding hydrogens is 265 g/mol. The number of carbonyl (C=O) groups is 2. The van der Waals surface area contributed by atoms with Crippen LogP contribution >= 0.6 is 0 Å². The van der Waals surface area contributed by atoms with Gasteiger partial charge in [-0.3, -0.25) is 0 Å². The fourth-order valence-corrected chi connectivity index (χ4v) is 1.34. The highest BCUT2D eigenvalue weighted by atomic mass is 19.4. The van der Waals surface area contributed by atoms with Crippen LogP contribution < -0.4 is 10.6 Å². The zero-order valence-electron chi connectivity index (χ0n) is 9.84. The molecule has 104 valence electrons. The minimum atomic E-state index is -4.62. The molecule has 5 nitrogen and oxygen atoms in total. The number of hydrogen-bond donors (Lipinski definition) is 3. The summed E-state index contributed by atoms with van der Waals surface area (Å²) in [7, 11) is 0. The van der Waals surface area contributed by atoms with Crippen LogP contribution in [-0.4, -0.2) is 23.7 Å². The second-order valence-electron chi connectivity index (χ2n) is 3.55. The van der Waals surface area contributed by atoms with Gasteiger partial charge in [-0.25, -0.2) is 9.59 Å². The van der Waals surface area contributed by atoms with Gasteiger partial charge < -0.3 is 15.7 Å². The van der Waals surface area contributed by atoms with Crippen molar-refractivity contribution in [2.75, 3.05) is 11.9 Å². The zero-order valence-corrected chi connectivity index (χ0v) is 9.84. The van der Waals surface area contributed by atoms with Crippen LogP contribution in [0.4, 0.5) is 23.7 Å². The minimum absolute atomic E-state index is 0.257. The lowest BCUT2D eigenvalue weighted by atomic mass is 10.1. The van der Waals surface area contributed by atoms with Gasteiger partial charge in [-0.2, -0.15) is 13.2 Å². The van der Waals surface area contributed by atoms with Crippen molar-refractivity contribution in [3.8, 4) is 0 Å². The van der Waals surface area contributed by atoms with E-state index in [2.05, 4.69) is 10.6 Å². The third-order valence-electron chi connectivity index (χ3n) is 2.16. The van der Waals surface area contributed by atoms with Crippen LogP contribution in [0.2, 0.25) is 0 Å². The molecule has 0 unspecified atom stereocenters. The van der Waals surface area contributed by atoms with Crippen LogP contribution in [-0.2, 0) is 6.18 Å². The van der Waals surface area contributed by atoms with Crippen LogP contribution in [0.5, 0.6) is 0 Å². The minimum Gasteiger partial charge on any atom is -0.478 e. The fourth-order valence-electron chi connectivity index (χ4n) is 1.34. The number of amides is 2. The summed E-state index contributed by atoms with van der Waals surface area (Å²) >= 11 is 0. The lowest BCUT2D eigenvalue weighted by Gasteiger charge is -2.12. The van der Waals surface area contributed by atoms with Crippen molar-refractivity contribution in [3.63, 3.8) is 0 Å². The first-order valence-electron chi connectivity index (χ1n) is 5.25. The topological polar surface area (TPSA) is 78.4 Å². The summed E-state index contributed by atoms with van der Waals surface area (Å²) in [5, 5.41) is 13.2. The zero-order chi connectivity index (χ0) is 14.6. The Balaban J connectivity index is 3.16. The second-order valence-corrected chi connectivity index (χ2v) is 3.55. The Kier molecular flexibility index (Phi) is 4.36. The molecule has 19 heavy (non-hydrogen) atoms. The van der Waals surface area contributed by atoms with E-state index in [1.54, 1.807) is 6.92 Å². The molecule has 0 aromatic heterocycles. The van der Waals surface area contributed by atoms with Gasteiger partial charge in [-0.1, -0.05) is 0 Å². The molecule has 1 aromatic rings. The number of carboxylic acids is 1. The number of anilines is 1. The maximum atomic E-state index is 12.5. The quantitative estimate of drug-likeness (QED) is 0.793. The normalized spacial score (nSPS) is 10.9. The molecule has 3 N–H and O–H groups in total. The Hall–Kier alpha value is -2.25. The molecule has 0 spiro atoms. The van der Waals surface area contributed by atoms with Gasteiger partial charge in [0.2, 0.25) is 0 Å². The molecular formula is C11H11F3N2O3. The molecule has 0 aliphatic rings. The van der Waals surface area contributed by atoms with Crippen molar-refractivity contribution < 1.29 is 27.9 Å². The third kappa shape index (κ3) is 3.87. The smallest absolute Gasteiger partial charge is 0.416 e. The van der Waals surface area contributed by atoms with E-state index < -0.39 is 35.0 Å². The van der Waals surface area contributed by atoms with Crippen molar-refractivity contribution in [1.82, 2.24) is 5.32 Å². The van der Waals surface area contributed by atoms with Gasteiger partial charge in [0, 0.05) is 6.54 Å². The molecule has 0 radical (unpaired) electrons. The van der Waals surface area contributed by atoms with Crippen LogP contribution in [0.3, 0.4) is 0 Å². The van der Waals surface area contributed by atoms with Gasteiger partial charge in [0.05, 0.1) is 16.8 Å². The van der Waals surface area contributed by atoms with Crippen molar-refractivity contribution in [3.05, 3.63) is 29.3 Å². The Morgan fingerprint density at radius 2 is 1.95 bits per heavy atom. The number of halogens is 3. The average molecular weight is 276 g/mol. The van der Waals surface area contributed by atoms with Gasteiger partial charge in [-0.05, 0) is 25.1 Å². The highest BCUT2D eigenvalue weighted by molar-refractivity contribution is 6.00. The summed E-state index contributed by atoms with van der Waals surface area (Å²) in [4.78, 5) is 22.1. The van der Waals surface area contributed by atoms with E-state index in [4.69, 9.17) is 5.11 Å². The predicted molar refractivity (Wildman–Crippen MR) is 61.1 cm³/mol. The van der Waals surface area contributed by atoms with Crippen molar-refractivity contribution in [2.45, 2.75) is 13.1 Å². The molecule has 8 heteroatoms. The summed E-state index contributed by atoms with van der Waals surface area (Å²) in [5.41, 5.74) is -1.86. The van der Waals surface area contributed by atoms with E-state index in [1.165, 1.54) is 0 Å². The van der Waals surface area contributed by atoms with E-state index in [-0.39, 0.29) is 6.54 Å². The number of carboxylic acid groups (broad SMARTS) is 1. The molecule has 1 aromatic carbocycles. The van der Waals surface area contributed by atoms with Gasteiger partial charge in [-0.15, -0.1) is 0 Å². The van der Waals surface area contributed by atoms with Crippen LogP contribution in [0, 0.1) is 0 Å². The highest BCUT2D eigenvalue weighted by Gasteiger charge is 2.31. The van der Waals surface area contributed by atoms with E-state index in [0.29, 0.717) is 12.1 Å². The average Bonchev–Trinajstić information content (AvgIpc) is 2.27.